The van der Waals surface area contributed by atoms with Gasteiger partial charge in [-0.25, -0.2) is 9.78 Å². The molecular formula is C6H6BNO4. The Hall–Kier alpha value is -1.40. The molecule has 0 aliphatic carbocycles. The zero-order chi connectivity index (χ0) is 9.14. The quantitative estimate of drug-likeness (QED) is 0.464. The predicted molar refractivity (Wildman–Crippen MR) is 41.0 cm³/mol. The van der Waals surface area contributed by atoms with Gasteiger partial charge in [-0.3, -0.25) is 0 Å². The third-order valence-corrected chi connectivity index (χ3v) is 1.30. The maximum Gasteiger partial charge on any atom is 0.488 e. The van der Waals surface area contributed by atoms with Crippen molar-refractivity contribution in [2.45, 2.75) is 0 Å². The maximum absolute atomic E-state index is 10.3. The van der Waals surface area contributed by atoms with E-state index in [2.05, 4.69) is 4.98 Å². The molecule has 0 spiro atoms. The Balaban J connectivity index is 3.04. The average Bonchev–Trinajstić information content (AvgIpc) is 2.04. The highest BCUT2D eigenvalue weighted by atomic mass is 16.4. The van der Waals surface area contributed by atoms with Gasteiger partial charge in [0.15, 0.2) is 0 Å². The normalized spacial score (nSPS) is 9.50. The number of aromatic nitrogens is 1. The minimum atomic E-state index is -1.66. The molecule has 5 nitrogen and oxygen atoms in total. The van der Waals surface area contributed by atoms with Crippen LogP contribution < -0.4 is 5.46 Å². The number of aromatic carboxylic acids is 1. The lowest BCUT2D eigenvalue weighted by Crippen LogP contribution is -2.30. The van der Waals surface area contributed by atoms with Gasteiger partial charge in [0.25, 0.3) is 0 Å². The largest absolute Gasteiger partial charge is 0.488 e. The molecule has 0 aliphatic heterocycles. The summed E-state index contributed by atoms with van der Waals surface area (Å²) in [6.45, 7) is 0. The van der Waals surface area contributed by atoms with Crippen molar-refractivity contribution in [3.05, 3.63) is 24.0 Å². The molecule has 6 heteroatoms. The number of pyridine rings is 1. The second kappa shape index (κ2) is 3.33. The Labute approximate surface area is 68.5 Å². The molecule has 0 aromatic carbocycles. The predicted octanol–water partition coefficient (Wildman–Crippen LogP) is -1.54. The lowest BCUT2D eigenvalue weighted by molar-refractivity contribution is 0.0690. The SMILES string of the molecule is O=C(O)c1cc(B(O)O)ccn1. The molecule has 3 N–H and O–H groups in total. The summed E-state index contributed by atoms with van der Waals surface area (Å²) in [6, 6.07) is 2.43. The molecule has 0 bridgehead atoms. The summed E-state index contributed by atoms with van der Waals surface area (Å²) in [6.07, 6.45) is 1.21. The van der Waals surface area contributed by atoms with Gasteiger partial charge in [0.2, 0.25) is 0 Å². The van der Waals surface area contributed by atoms with Crippen molar-refractivity contribution < 1.29 is 19.9 Å². The Morgan fingerprint density at radius 2 is 2.17 bits per heavy atom. The van der Waals surface area contributed by atoms with E-state index < -0.39 is 13.1 Å². The average molecular weight is 167 g/mol. The standard InChI is InChI=1S/C6H6BNO4/c9-6(10)5-3-4(7(11)12)1-2-8-5/h1-3,11-12H,(H,9,10). The Bertz CT molecular complexity index is 301. The Morgan fingerprint density at radius 3 is 2.67 bits per heavy atom. The van der Waals surface area contributed by atoms with Gasteiger partial charge >= 0.3 is 13.1 Å². The molecule has 0 atom stereocenters. The number of hydrogen-bond acceptors (Lipinski definition) is 4. The van der Waals surface area contributed by atoms with Crippen LogP contribution in [0.4, 0.5) is 0 Å². The van der Waals surface area contributed by atoms with E-state index in [1.54, 1.807) is 0 Å². The molecule has 1 heterocycles. The monoisotopic (exact) mass is 167 g/mol. The van der Waals surface area contributed by atoms with Gasteiger partial charge in [0, 0.05) is 6.20 Å². The minimum Gasteiger partial charge on any atom is -0.477 e. The highest BCUT2D eigenvalue weighted by Crippen LogP contribution is 1.91. The van der Waals surface area contributed by atoms with Crippen molar-refractivity contribution in [3.63, 3.8) is 0 Å². The molecule has 0 radical (unpaired) electrons. The van der Waals surface area contributed by atoms with Gasteiger partial charge < -0.3 is 15.2 Å². The van der Waals surface area contributed by atoms with Crippen LogP contribution in [0.2, 0.25) is 0 Å². The van der Waals surface area contributed by atoms with E-state index in [9.17, 15) is 4.79 Å². The van der Waals surface area contributed by atoms with E-state index in [1.807, 2.05) is 0 Å². The fourth-order valence-corrected chi connectivity index (χ4v) is 0.724. The first-order chi connectivity index (χ1) is 5.61. The third-order valence-electron chi connectivity index (χ3n) is 1.30. The van der Waals surface area contributed by atoms with E-state index in [0.717, 1.165) is 6.07 Å². The number of carboxylic acids is 1. The summed E-state index contributed by atoms with van der Waals surface area (Å²) >= 11 is 0. The van der Waals surface area contributed by atoms with Gasteiger partial charge in [0.1, 0.15) is 5.69 Å². The van der Waals surface area contributed by atoms with Crippen LogP contribution in [0, 0.1) is 0 Å². The van der Waals surface area contributed by atoms with Crippen molar-refractivity contribution in [1.29, 1.82) is 0 Å². The molecule has 1 rings (SSSR count). The highest BCUT2D eigenvalue weighted by Gasteiger charge is 2.13. The van der Waals surface area contributed by atoms with E-state index >= 15 is 0 Å². The highest BCUT2D eigenvalue weighted by molar-refractivity contribution is 6.58. The van der Waals surface area contributed by atoms with Crippen molar-refractivity contribution in [2.24, 2.45) is 0 Å². The molecule has 0 amide bonds. The van der Waals surface area contributed by atoms with E-state index in [1.165, 1.54) is 12.3 Å². The minimum absolute atomic E-state index is 0.113. The van der Waals surface area contributed by atoms with Crippen LogP contribution in [-0.4, -0.2) is 33.2 Å². The summed E-state index contributed by atoms with van der Waals surface area (Å²) in [7, 11) is -1.66. The van der Waals surface area contributed by atoms with Gasteiger partial charge in [-0.1, -0.05) is 0 Å². The lowest BCUT2D eigenvalue weighted by atomic mass is 9.81. The lowest BCUT2D eigenvalue weighted by Gasteiger charge is -1.98. The zero-order valence-electron chi connectivity index (χ0n) is 6.01. The van der Waals surface area contributed by atoms with Crippen LogP contribution in [0.5, 0.6) is 0 Å². The van der Waals surface area contributed by atoms with Gasteiger partial charge in [0.05, 0.1) is 0 Å². The Morgan fingerprint density at radius 1 is 1.50 bits per heavy atom. The van der Waals surface area contributed by atoms with E-state index in [0.29, 0.717) is 0 Å². The molecule has 0 saturated heterocycles. The third kappa shape index (κ3) is 1.80. The number of carbonyl (C=O) groups is 1. The van der Waals surface area contributed by atoms with Gasteiger partial charge in [-0.05, 0) is 17.6 Å². The molecule has 12 heavy (non-hydrogen) atoms. The molecule has 0 aliphatic rings. The first kappa shape index (κ1) is 8.70. The fourth-order valence-electron chi connectivity index (χ4n) is 0.724. The second-order valence-electron chi connectivity index (χ2n) is 2.15. The molecule has 0 unspecified atom stereocenters. The Kier molecular flexibility index (Phi) is 2.42. The van der Waals surface area contributed by atoms with E-state index in [4.69, 9.17) is 15.2 Å². The van der Waals surface area contributed by atoms with Gasteiger partial charge in [-0.15, -0.1) is 0 Å². The molecule has 1 aromatic heterocycles. The smallest absolute Gasteiger partial charge is 0.477 e. The van der Waals surface area contributed by atoms with E-state index in [-0.39, 0.29) is 11.2 Å². The zero-order valence-corrected chi connectivity index (χ0v) is 6.01. The number of rotatable bonds is 2. The van der Waals surface area contributed by atoms with Crippen molar-refractivity contribution >= 4 is 18.6 Å². The molecule has 62 valence electrons. The molecular weight excluding hydrogens is 161 g/mol. The van der Waals surface area contributed by atoms with Crippen LogP contribution in [0.15, 0.2) is 18.3 Å². The number of hydrogen-bond donors (Lipinski definition) is 3. The summed E-state index contributed by atoms with van der Waals surface area (Å²) in [5.41, 5.74) is -0.0944. The van der Waals surface area contributed by atoms with Crippen LogP contribution >= 0.6 is 0 Å². The number of carboxylic acid groups (broad SMARTS) is 1. The summed E-state index contributed by atoms with van der Waals surface area (Å²) in [5.74, 6) is -1.20. The topological polar surface area (TPSA) is 90.7 Å². The fraction of sp³-hybridized carbons (Fsp3) is 0. The van der Waals surface area contributed by atoms with Crippen molar-refractivity contribution in [3.8, 4) is 0 Å². The summed E-state index contributed by atoms with van der Waals surface area (Å²) in [5, 5.41) is 25.8. The van der Waals surface area contributed by atoms with Gasteiger partial charge in [-0.2, -0.15) is 0 Å². The molecule has 1 aromatic rings. The second-order valence-corrected chi connectivity index (χ2v) is 2.15. The summed E-state index contributed by atoms with van der Waals surface area (Å²) in [4.78, 5) is 13.8. The van der Waals surface area contributed by atoms with Crippen molar-refractivity contribution in [2.75, 3.05) is 0 Å². The maximum atomic E-state index is 10.3. The first-order valence-corrected chi connectivity index (χ1v) is 3.16. The molecule has 0 fully saturated rings. The van der Waals surface area contributed by atoms with Crippen LogP contribution in [-0.2, 0) is 0 Å². The van der Waals surface area contributed by atoms with Crippen LogP contribution in [0.3, 0.4) is 0 Å². The van der Waals surface area contributed by atoms with Crippen LogP contribution in [0.1, 0.15) is 10.5 Å². The molecule has 0 saturated carbocycles. The van der Waals surface area contributed by atoms with Crippen LogP contribution in [0.25, 0.3) is 0 Å². The summed E-state index contributed by atoms with van der Waals surface area (Å²) < 4.78 is 0. The number of nitrogens with zero attached hydrogens (tertiary/aromatic N) is 1. The first-order valence-electron chi connectivity index (χ1n) is 3.16. The van der Waals surface area contributed by atoms with Crippen molar-refractivity contribution in [1.82, 2.24) is 4.98 Å².